The molecule has 0 amide bonds. The van der Waals surface area contributed by atoms with Gasteiger partial charge in [0.25, 0.3) is 0 Å². The number of aryl methyl sites for hydroxylation is 1. The highest BCUT2D eigenvalue weighted by atomic mass is 35.5. The number of hydrogen-bond donors (Lipinski definition) is 2. The number of aromatic amines is 1. The lowest BCUT2D eigenvalue weighted by molar-refractivity contribution is 0.386. The van der Waals surface area contributed by atoms with Gasteiger partial charge in [0.1, 0.15) is 5.82 Å². The highest BCUT2D eigenvalue weighted by Gasteiger charge is 2.23. The number of nitrogens with zero attached hydrogens (tertiary/aromatic N) is 1. The summed E-state index contributed by atoms with van der Waals surface area (Å²) >= 11 is 6.07. The third-order valence-electron chi connectivity index (χ3n) is 4.16. The average molecular weight is 290 g/mol. The van der Waals surface area contributed by atoms with E-state index < -0.39 is 0 Å². The van der Waals surface area contributed by atoms with Crippen LogP contribution in [0, 0.1) is 6.92 Å². The number of benzene rings is 1. The first-order valence-electron chi connectivity index (χ1n) is 7.21. The van der Waals surface area contributed by atoms with Crippen LogP contribution in [0.25, 0.3) is 11.3 Å². The minimum absolute atomic E-state index is 0.370. The van der Waals surface area contributed by atoms with Gasteiger partial charge in [-0.2, -0.15) is 0 Å². The molecule has 0 atom stereocenters. The van der Waals surface area contributed by atoms with Crippen molar-refractivity contribution in [2.24, 2.45) is 5.73 Å². The van der Waals surface area contributed by atoms with Crippen molar-refractivity contribution in [2.75, 3.05) is 0 Å². The van der Waals surface area contributed by atoms with E-state index in [0.29, 0.717) is 12.0 Å². The topological polar surface area (TPSA) is 54.7 Å². The van der Waals surface area contributed by atoms with Crippen molar-refractivity contribution in [3.8, 4) is 11.3 Å². The van der Waals surface area contributed by atoms with E-state index in [0.717, 1.165) is 53.5 Å². The second-order valence-corrected chi connectivity index (χ2v) is 6.15. The third kappa shape index (κ3) is 2.74. The highest BCUT2D eigenvalue weighted by Crippen LogP contribution is 2.33. The number of halogens is 1. The molecular weight excluding hydrogens is 270 g/mol. The summed E-state index contributed by atoms with van der Waals surface area (Å²) in [7, 11) is 0. The van der Waals surface area contributed by atoms with E-state index in [2.05, 4.69) is 18.0 Å². The van der Waals surface area contributed by atoms with Crippen LogP contribution in [-0.4, -0.2) is 16.0 Å². The van der Waals surface area contributed by atoms with E-state index in [9.17, 15) is 0 Å². The lowest BCUT2D eigenvalue weighted by Crippen LogP contribution is -2.26. The van der Waals surface area contributed by atoms with Crippen LogP contribution in [0.2, 0.25) is 5.02 Å². The van der Waals surface area contributed by atoms with Crippen molar-refractivity contribution in [2.45, 2.75) is 44.6 Å². The van der Waals surface area contributed by atoms with Gasteiger partial charge < -0.3 is 10.7 Å². The summed E-state index contributed by atoms with van der Waals surface area (Å²) in [5.74, 6) is 1.62. The summed E-state index contributed by atoms with van der Waals surface area (Å²) in [4.78, 5) is 8.27. The molecule has 20 heavy (non-hydrogen) atoms. The zero-order chi connectivity index (χ0) is 14.1. The van der Waals surface area contributed by atoms with Crippen LogP contribution in [0.1, 0.15) is 43.1 Å². The zero-order valence-electron chi connectivity index (χ0n) is 11.7. The summed E-state index contributed by atoms with van der Waals surface area (Å²) in [6, 6.07) is 8.23. The number of H-pyrrole nitrogens is 1. The molecule has 1 aliphatic carbocycles. The van der Waals surface area contributed by atoms with Crippen LogP contribution in [0.4, 0.5) is 0 Å². The van der Waals surface area contributed by atoms with Crippen LogP contribution in [-0.2, 0) is 0 Å². The van der Waals surface area contributed by atoms with Crippen LogP contribution >= 0.6 is 11.6 Å². The Labute approximate surface area is 124 Å². The Hall–Kier alpha value is -1.32. The van der Waals surface area contributed by atoms with Crippen molar-refractivity contribution >= 4 is 11.6 Å². The molecule has 0 bridgehead atoms. The zero-order valence-corrected chi connectivity index (χ0v) is 12.5. The van der Waals surface area contributed by atoms with E-state index >= 15 is 0 Å². The summed E-state index contributed by atoms with van der Waals surface area (Å²) < 4.78 is 0. The molecule has 0 aliphatic heterocycles. The van der Waals surface area contributed by atoms with Crippen molar-refractivity contribution < 1.29 is 0 Å². The summed E-state index contributed by atoms with van der Waals surface area (Å²) in [6.45, 7) is 2.07. The molecule has 1 aromatic carbocycles. The number of nitrogens with one attached hydrogen (secondary N) is 1. The van der Waals surface area contributed by atoms with Gasteiger partial charge in [-0.15, -0.1) is 0 Å². The highest BCUT2D eigenvalue weighted by molar-refractivity contribution is 6.30. The maximum atomic E-state index is 6.07. The third-order valence-corrected chi connectivity index (χ3v) is 4.39. The summed E-state index contributed by atoms with van der Waals surface area (Å²) in [6.07, 6.45) is 4.44. The van der Waals surface area contributed by atoms with Gasteiger partial charge in [-0.1, -0.05) is 23.7 Å². The molecule has 0 saturated heterocycles. The molecule has 3 N–H and O–H groups in total. The Bertz CT molecular complexity index is 598. The summed E-state index contributed by atoms with van der Waals surface area (Å²) in [5.41, 5.74) is 9.17. The van der Waals surface area contributed by atoms with Gasteiger partial charge in [-0.25, -0.2) is 4.98 Å². The Morgan fingerprint density at radius 3 is 2.70 bits per heavy atom. The van der Waals surface area contributed by atoms with Crippen molar-refractivity contribution in [1.82, 2.24) is 9.97 Å². The molecule has 0 spiro atoms. The predicted molar refractivity (Wildman–Crippen MR) is 83.0 cm³/mol. The number of hydrogen-bond acceptors (Lipinski definition) is 2. The first-order chi connectivity index (χ1) is 9.63. The number of nitrogens with two attached hydrogens (primary N) is 1. The van der Waals surface area contributed by atoms with Gasteiger partial charge in [0.05, 0.1) is 5.69 Å². The molecule has 1 fully saturated rings. The molecule has 106 valence electrons. The second-order valence-electron chi connectivity index (χ2n) is 5.72. The molecule has 0 radical (unpaired) electrons. The van der Waals surface area contributed by atoms with E-state index in [1.165, 1.54) is 0 Å². The van der Waals surface area contributed by atoms with Crippen LogP contribution in [0.5, 0.6) is 0 Å². The molecule has 4 heteroatoms. The van der Waals surface area contributed by atoms with Crippen molar-refractivity contribution in [1.29, 1.82) is 0 Å². The van der Waals surface area contributed by atoms with E-state index in [1.54, 1.807) is 0 Å². The largest absolute Gasteiger partial charge is 0.345 e. The Kier molecular flexibility index (Phi) is 3.81. The number of imidazole rings is 1. The Morgan fingerprint density at radius 1 is 1.25 bits per heavy atom. The van der Waals surface area contributed by atoms with Gasteiger partial charge in [0, 0.05) is 28.2 Å². The lowest BCUT2D eigenvalue weighted by atomic mass is 9.86. The number of rotatable bonds is 2. The molecule has 3 nitrogen and oxygen atoms in total. The van der Waals surface area contributed by atoms with Gasteiger partial charge >= 0.3 is 0 Å². The van der Waals surface area contributed by atoms with E-state index in [4.69, 9.17) is 22.3 Å². The molecular formula is C16H20ClN3. The molecule has 3 rings (SSSR count). The van der Waals surface area contributed by atoms with Gasteiger partial charge in [0.2, 0.25) is 0 Å². The van der Waals surface area contributed by atoms with Crippen LogP contribution < -0.4 is 5.73 Å². The number of aromatic nitrogens is 2. The first kappa shape index (κ1) is 13.7. The minimum atomic E-state index is 0.370. The van der Waals surface area contributed by atoms with Gasteiger partial charge in [-0.05, 0) is 44.7 Å². The SMILES string of the molecule is Cc1[nH]c(C2CCC(N)CC2)nc1-c1cccc(Cl)c1. The monoisotopic (exact) mass is 289 g/mol. The van der Waals surface area contributed by atoms with Crippen molar-refractivity contribution in [3.05, 3.63) is 40.8 Å². The molecule has 1 saturated carbocycles. The lowest BCUT2D eigenvalue weighted by Gasteiger charge is -2.24. The van der Waals surface area contributed by atoms with E-state index in [1.807, 2.05) is 18.2 Å². The molecule has 1 heterocycles. The Morgan fingerprint density at radius 2 is 2.00 bits per heavy atom. The fourth-order valence-electron chi connectivity index (χ4n) is 2.99. The Balaban J connectivity index is 1.87. The first-order valence-corrected chi connectivity index (χ1v) is 7.59. The molecule has 1 aromatic heterocycles. The quantitative estimate of drug-likeness (QED) is 0.877. The maximum absolute atomic E-state index is 6.07. The predicted octanol–water partition coefficient (Wildman–Crippen LogP) is 4.02. The smallest absolute Gasteiger partial charge is 0.110 e. The molecule has 2 aromatic rings. The van der Waals surface area contributed by atoms with Crippen LogP contribution in [0.15, 0.2) is 24.3 Å². The second kappa shape index (κ2) is 5.58. The van der Waals surface area contributed by atoms with Gasteiger partial charge in [0.15, 0.2) is 0 Å². The fraction of sp³-hybridized carbons (Fsp3) is 0.438. The maximum Gasteiger partial charge on any atom is 0.110 e. The fourth-order valence-corrected chi connectivity index (χ4v) is 3.18. The normalized spacial score (nSPS) is 22.9. The van der Waals surface area contributed by atoms with Crippen LogP contribution in [0.3, 0.4) is 0 Å². The van der Waals surface area contributed by atoms with Gasteiger partial charge in [-0.3, -0.25) is 0 Å². The van der Waals surface area contributed by atoms with E-state index in [-0.39, 0.29) is 0 Å². The average Bonchev–Trinajstić information content (AvgIpc) is 2.82. The summed E-state index contributed by atoms with van der Waals surface area (Å²) in [5, 5.41) is 0.745. The van der Waals surface area contributed by atoms with Crippen molar-refractivity contribution in [3.63, 3.8) is 0 Å². The minimum Gasteiger partial charge on any atom is -0.345 e. The molecule has 0 unspecified atom stereocenters. The molecule has 1 aliphatic rings. The standard InChI is InChI=1S/C16H20ClN3/c1-10-15(12-3-2-4-13(17)9-12)20-16(19-10)11-5-7-14(18)8-6-11/h2-4,9,11,14H,5-8,18H2,1H3,(H,19,20).